The molecule has 17 heavy (non-hydrogen) atoms. The highest BCUT2D eigenvalue weighted by atomic mass is 35.5. The number of nitrogens with zero attached hydrogens (tertiary/aromatic N) is 1. The van der Waals surface area contributed by atoms with Crippen LogP contribution in [0.15, 0.2) is 18.7 Å². The van der Waals surface area contributed by atoms with Gasteiger partial charge < -0.3 is 10.1 Å². The summed E-state index contributed by atoms with van der Waals surface area (Å²) in [6, 6.07) is 1.55. The Morgan fingerprint density at radius 2 is 2.06 bits per heavy atom. The molecule has 3 nitrogen and oxygen atoms in total. The Balaban J connectivity index is 2.36. The Morgan fingerprint density at radius 1 is 1.29 bits per heavy atom. The molecule has 6 heteroatoms. The molecule has 0 saturated heterocycles. The average Bonchev–Trinajstić information content (AvgIpc) is 2.30. The van der Waals surface area contributed by atoms with Crippen LogP contribution in [0.25, 0.3) is 0 Å². The van der Waals surface area contributed by atoms with E-state index in [9.17, 15) is 0 Å². The SMILES string of the molecule is C=CCCOCCNc1nc(Cl)c(Cl)cc1Cl. The van der Waals surface area contributed by atoms with Gasteiger partial charge in [0.2, 0.25) is 0 Å². The van der Waals surface area contributed by atoms with Gasteiger partial charge in [0.05, 0.1) is 23.3 Å². The number of hydrogen-bond donors (Lipinski definition) is 1. The predicted molar refractivity (Wildman–Crippen MR) is 73.4 cm³/mol. The van der Waals surface area contributed by atoms with Gasteiger partial charge in [-0.3, -0.25) is 0 Å². The van der Waals surface area contributed by atoms with Gasteiger partial charge in [-0.15, -0.1) is 6.58 Å². The van der Waals surface area contributed by atoms with Crippen LogP contribution in [0.3, 0.4) is 0 Å². The maximum atomic E-state index is 5.94. The van der Waals surface area contributed by atoms with E-state index < -0.39 is 0 Å². The third kappa shape index (κ3) is 5.13. The molecule has 1 aromatic rings. The van der Waals surface area contributed by atoms with Crippen molar-refractivity contribution in [1.82, 2.24) is 4.98 Å². The molecule has 0 aliphatic heterocycles. The minimum atomic E-state index is 0.228. The van der Waals surface area contributed by atoms with Gasteiger partial charge in [-0.25, -0.2) is 4.98 Å². The van der Waals surface area contributed by atoms with E-state index in [1.54, 1.807) is 6.07 Å². The van der Waals surface area contributed by atoms with Gasteiger partial charge in [-0.2, -0.15) is 0 Å². The fourth-order valence-electron chi connectivity index (χ4n) is 1.08. The standard InChI is InChI=1S/C11H13Cl3N2O/c1-2-3-5-17-6-4-15-11-9(13)7-8(12)10(14)16-11/h2,7H,1,3-6H2,(H,15,16). The molecule has 0 bridgehead atoms. The van der Waals surface area contributed by atoms with E-state index in [2.05, 4.69) is 16.9 Å². The first kappa shape index (κ1) is 14.6. The van der Waals surface area contributed by atoms with Crippen molar-refractivity contribution in [2.24, 2.45) is 0 Å². The van der Waals surface area contributed by atoms with Crippen molar-refractivity contribution in [2.75, 3.05) is 25.1 Å². The van der Waals surface area contributed by atoms with Gasteiger partial charge in [0.1, 0.15) is 11.0 Å². The Bertz CT molecular complexity index is 385. The van der Waals surface area contributed by atoms with E-state index in [4.69, 9.17) is 39.5 Å². The Kier molecular flexibility index (Phi) is 6.66. The maximum absolute atomic E-state index is 5.94. The van der Waals surface area contributed by atoms with E-state index in [0.29, 0.717) is 35.6 Å². The van der Waals surface area contributed by atoms with Gasteiger partial charge >= 0.3 is 0 Å². The molecular formula is C11H13Cl3N2O. The predicted octanol–water partition coefficient (Wildman–Crippen LogP) is 4.05. The van der Waals surface area contributed by atoms with E-state index in [-0.39, 0.29) is 5.15 Å². The fourth-order valence-corrected chi connectivity index (χ4v) is 1.64. The van der Waals surface area contributed by atoms with Gasteiger partial charge in [-0.1, -0.05) is 40.9 Å². The number of ether oxygens (including phenoxy) is 1. The lowest BCUT2D eigenvalue weighted by Crippen LogP contribution is -2.11. The minimum Gasteiger partial charge on any atom is -0.379 e. The highest BCUT2D eigenvalue weighted by molar-refractivity contribution is 6.42. The van der Waals surface area contributed by atoms with Crippen LogP contribution in [0.4, 0.5) is 5.82 Å². The van der Waals surface area contributed by atoms with Crippen molar-refractivity contribution in [3.05, 3.63) is 33.9 Å². The molecule has 0 atom stereocenters. The van der Waals surface area contributed by atoms with Crippen LogP contribution in [-0.4, -0.2) is 24.7 Å². The van der Waals surface area contributed by atoms with Gasteiger partial charge in [0, 0.05) is 6.54 Å². The first-order chi connectivity index (χ1) is 8.15. The normalized spacial score (nSPS) is 10.3. The summed E-state index contributed by atoms with van der Waals surface area (Å²) in [6.45, 7) is 5.43. The molecule has 0 amide bonds. The largest absolute Gasteiger partial charge is 0.379 e. The molecule has 94 valence electrons. The van der Waals surface area contributed by atoms with Crippen LogP contribution in [-0.2, 0) is 4.74 Å². The summed E-state index contributed by atoms with van der Waals surface area (Å²) in [4.78, 5) is 4.02. The van der Waals surface area contributed by atoms with E-state index >= 15 is 0 Å². The number of aromatic nitrogens is 1. The van der Waals surface area contributed by atoms with E-state index in [1.807, 2.05) is 6.08 Å². The molecular weight excluding hydrogens is 282 g/mol. The van der Waals surface area contributed by atoms with E-state index in [0.717, 1.165) is 6.42 Å². The molecule has 0 radical (unpaired) electrons. The van der Waals surface area contributed by atoms with Crippen molar-refractivity contribution >= 4 is 40.6 Å². The Labute approximate surface area is 116 Å². The number of rotatable bonds is 7. The average molecular weight is 296 g/mol. The quantitative estimate of drug-likeness (QED) is 0.468. The van der Waals surface area contributed by atoms with Crippen LogP contribution >= 0.6 is 34.8 Å². The molecule has 0 aromatic carbocycles. The Morgan fingerprint density at radius 3 is 2.76 bits per heavy atom. The van der Waals surface area contributed by atoms with Crippen molar-refractivity contribution in [2.45, 2.75) is 6.42 Å². The molecule has 1 heterocycles. The second kappa shape index (κ2) is 7.77. The van der Waals surface area contributed by atoms with Crippen LogP contribution in [0.5, 0.6) is 0 Å². The van der Waals surface area contributed by atoms with Crippen molar-refractivity contribution < 1.29 is 4.74 Å². The van der Waals surface area contributed by atoms with Crippen molar-refractivity contribution in [3.8, 4) is 0 Å². The third-order valence-corrected chi connectivity index (χ3v) is 2.85. The summed E-state index contributed by atoms with van der Waals surface area (Å²) in [5, 5.41) is 4.02. The summed E-state index contributed by atoms with van der Waals surface area (Å²) >= 11 is 17.5. The monoisotopic (exact) mass is 294 g/mol. The highest BCUT2D eigenvalue weighted by Crippen LogP contribution is 2.28. The summed E-state index contributed by atoms with van der Waals surface area (Å²) in [5.41, 5.74) is 0. The van der Waals surface area contributed by atoms with Gasteiger partial charge in [-0.05, 0) is 12.5 Å². The number of pyridine rings is 1. The van der Waals surface area contributed by atoms with Crippen molar-refractivity contribution in [1.29, 1.82) is 0 Å². The zero-order valence-corrected chi connectivity index (χ0v) is 11.4. The molecule has 1 rings (SSSR count). The molecule has 0 fully saturated rings. The topological polar surface area (TPSA) is 34.1 Å². The van der Waals surface area contributed by atoms with E-state index in [1.165, 1.54) is 0 Å². The second-order valence-corrected chi connectivity index (χ2v) is 4.38. The fraction of sp³-hybridized carbons (Fsp3) is 0.364. The lowest BCUT2D eigenvalue weighted by molar-refractivity contribution is 0.149. The summed E-state index contributed by atoms with van der Waals surface area (Å²) < 4.78 is 5.33. The summed E-state index contributed by atoms with van der Waals surface area (Å²) in [5.74, 6) is 0.508. The molecule has 0 aliphatic rings. The molecule has 0 aliphatic carbocycles. The van der Waals surface area contributed by atoms with Crippen molar-refractivity contribution in [3.63, 3.8) is 0 Å². The van der Waals surface area contributed by atoms with Gasteiger partial charge in [0.15, 0.2) is 0 Å². The number of nitrogens with one attached hydrogen (secondary N) is 1. The molecule has 1 aromatic heterocycles. The molecule has 0 saturated carbocycles. The van der Waals surface area contributed by atoms with Crippen LogP contribution < -0.4 is 5.32 Å². The summed E-state index contributed by atoms with van der Waals surface area (Å²) in [7, 11) is 0. The first-order valence-electron chi connectivity index (χ1n) is 5.09. The van der Waals surface area contributed by atoms with Crippen LogP contribution in [0, 0.1) is 0 Å². The third-order valence-electron chi connectivity index (χ3n) is 1.89. The first-order valence-corrected chi connectivity index (χ1v) is 6.22. The zero-order chi connectivity index (χ0) is 12.7. The van der Waals surface area contributed by atoms with Crippen LogP contribution in [0.2, 0.25) is 15.2 Å². The highest BCUT2D eigenvalue weighted by Gasteiger charge is 2.06. The molecule has 0 unspecified atom stereocenters. The number of halogens is 3. The number of anilines is 1. The molecule has 0 spiro atoms. The zero-order valence-electron chi connectivity index (χ0n) is 9.18. The van der Waals surface area contributed by atoms with Gasteiger partial charge in [0.25, 0.3) is 0 Å². The lowest BCUT2D eigenvalue weighted by atomic mass is 10.4. The smallest absolute Gasteiger partial charge is 0.150 e. The summed E-state index contributed by atoms with van der Waals surface area (Å²) in [6.07, 6.45) is 2.65. The Hall–Kier alpha value is -0.480. The molecule has 1 N–H and O–H groups in total. The minimum absolute atomic E-state index is 0.228. The van der Waals surface area contributed by atoms with Crippen LogP contribution in [0.1, 0.15) is 6.42 Å². The lowest BCUT2D eigenvalue weighted by Gasteiger charge is -2.08. The number of hydrogen-bond acceptors (Lipinski definition) is 3. The second-order valence-electron chi connectivity index (χ2n) is 3.21. The maximum Gasteiger partial charge on any atom is 0.150 e.